The quantitative estimate of drug-likeness (QED) is 0.520. The van der Waals surface area contributed by atoms with Crippen LogP contribution in [-0.4, -0.2) is 40.9 Å². The summed E-state index contributed by atoms with van der Waals surface area (Å²) >= 11 is 0. The lowest BCUT2D eigenvalue weighted by atomic mass is 9.86. The van der Waals surface area contributed by atoms with Gasteiger partial charge in [0.25, 0.3) is 0 Å². The third-order valence-electron chi connectivity index (χ3n) is 6.22. The molecular weight excluding hydrogens is 415 g/mol. The second-order valence-corrected chi connectivity index (χ2v) is 10.6. The third kappa shape index (κ3) is 6.05. The molecule has 7 heteroatoms. The molecule has 2 unspecified atom stereocenters. The monoisotopic (exact) mass is 446 g/mol. The number of benzene rings is 2. The van der Waals surface area contributed by atoms with Crippen molar-refractivity contribution in [1.29, 1.82) is 0 Å². The second-order valence-electron chi connectivity index (χ2n) is 8.79. The summed E-state index contributed by atoms with van der Waals surface area (Å²) in [6.45, 7) is 1.45. The lowest BCUT2D eigenvalue weighted by Crippen LogP contribution is -2.30. The number of nitrogens with one attached hydrogen (secondary N) is 2. The van der Waals surface area contributed by atoms with Gasteiger partial charge in [0.2, 0.25) is 10.0 Å². The minimum Gasteiger partial charge on any atom is -0.492 e. The highest BCUT2D eigenvalue weighted by Gasteiger charge is 2.32. The standard InChI is InChI=1S/C24H31FN2O3S/c1-26-15-20-13-19-7-8-22(30-10-9-27-31(28,29)16-17-5-6-17)14-24(19)23(20)12-18-3-2-4-21(25)11-18/h2-4,7-8,11,14,17,20,23,26-27H,5-6,9-10,12-13,15-16H2,1H3. The lowest BCUT2D eigenvalue weighted by Gasteiger charge is -2.21. The van der Waals surface area contributed by atoms with Crippen LogP contribution in [-0.2, 0) is 22.9 Å². The fourth-order valence-electron chi connectivity index (χ4n) is 4.56. The predicted octanol–water partition coefficient (Wildman–Crippen LogP) is 3.25. The Morgan fingerprint density at radius 2 is 2.00 bits per heavy atom. The van der Waals surface area contributed by atoms with Gasteiger partial charge in [0.1, 0.15) is 18.2 Å². The maximum absolute atomic E-state index is 13.7. The molecule has 4 rings (SSSR count). The number of rotatable bonds is 11. The molecule has 0 radical (unpaired) electrons. The van der Waals surface area contributed by atoms with Gasteiger partial charge < -0.3 is 10.1 Å². The molecule has 1 fully saturated rings. The molecule has 0 amide bonds. The van der Waals surface area contributed by atoms with Gasteiger partial charge in [-0.3, -0.25) is 0 Å². The van der Waals surface area contributed by atoms with Crippen LogP contribution in [0.4, 0.5) is 4.39 Å². The first kappa shape index (κ1) is 22.2. The van der Waals surface area contributed by atoms with E-state index in [0.717, 1.165) is 43.5 Å². The molecular formula is C24H31FN2O3S. The zero-order valence-electron chi connectivity index (χ0n) is 17.9. The van der Waals surface area contributed by atoms with E-state index in [1.165, 1.54) is 17.2 Å². The molecule has 168 valence electrons. The maximum atomic E-state index is 13.7. The van der Waals surface area contributed by atoms with E-state index in [4.69, 9.17) is 4.74 Å². The fraction of sp³-hybridized carbons (Fsp3) is 0.500. The predicted molar refractivity (Wildman–Crippen MR) is 120 cm³/mol. The molecule has 1 saturated carbocycles. The van der Waals surface area contributed by atoms with E-state index < -0.39 is 10.0 Å². The molecule has 2 aromatic carbocycles. The number of halogens is 1. The molecule has 31 heavy (non-hydrogen) atoms. The number of hydrogen-bond acceptors (Lipinski definition) is 4. The van der Waals surface area contributed by atoms with Gasteiger partial charge in [0, 0.05) is 6.54 Å². The van der Waals surface area contributed by atoms with Gasteiger partial charge in [-0.25, -0.2) is 17.5 Å². The summed E-state index contributed by atoms with van der Waals surface area (Å²) in [6, 6.07) is 13.0. The first-order valence-electron chi connectivity index (χ1n) is 11.1. The SMILES string of the molecule is CNCC1Cc2ccc(OCCNS(=O)(=O)CC3CC3)cc2C1Cc1cccc(F)c1. The first-order chi connectivity index (χ1) is 14.9. The Morgan fingerprint density at radius 3 is 2.74 bits per heavy atom. The molecule has 2 aliphatic carbocycles. The van der Waals surface area contributed by atoms with Gasteiger partial charge in [-0.15, -0.1) is 0 Å². The molecule has 0 saturated heterocycles. The Hall–Kier alpha value is -1.96. The molecule has 5 nitrogen and oxygen atoms in total. The van der Waals surface area contributed by atoms with Crippen LogP contribution in [0.5, 0.6) is 5.75 Å². The van der Waals surface area contributed by atoms with Crippen LogP contribution in [0.3, 0.4) is 0 Å². The van der Waals surface area contributed by atoms with Gasteiger partial charge in [0.15, 0.2) is 0 Å². The van der Waals surface area contributed by atoms with E-state index >= 15 is 0 Å². The van der Waals surface area contributed by atoms with Crippen molar-refractivity contribution in [2.24, 2.45) is 11.8 Å². The minimum absolute atomic E-state index is 0.206. The summed E-state index contributed by atoms with van der Waals surface area (Å²) in [5.74, 6) is 1.81. The second kappa shape index (κ2) is 9.67. The van der Waals surface area contributed by atoms with Crippen molar-refractivity contribution in [3.63, 3.8) is 0 Å². The van der Waals surface area contributed by atoms with E-state index in [2.05, 4.69) is 22.2 Å². The van der Waals surface area contributed by atoms with E-state index in [1.54, 1.807) is 12.1 Å². The van der Waals surface area contributed by atoms with Crippen LogP contribution in [0.1, 0.15) is 35.4 Å². The molecule has 0 heterocycles. The van der Waals surface area contributed by atoms with Crippen LogP contribution in [0.2, 0.25) is 0 Å². The van der Waals surface area contributed by atoms with Crippen molar-refractivity contribution < 1.29 is 17.5 Å². The number of ether oxygens (including phenoxy) is 1. The Bertz CT molecular complexity index is 1010. The Kier molecular flexibility index (Phi) is 6.94. The molecule has 0 bridgehead atoms. The van der Waals surface area contributed by atoms with Crippen LogP contribution in [0.15, 0.2) is 42.5 Å². The average molecular weight is 447 g/mol. The van der Waals surface area contributed by atoms with Gasteiger partial charge in [0.05, 0.1) is 5.75 Å². The van der Waals surface area contributed by atoms with Crippen LogP contribution >= 0.6 is 0 Å². The van der Waals surface area contributed by atoms with Crippen LogP contribution in [0, 0.1) is 17.7 Å². The Morgan fingerprint density at radius 1 is 1.16 bits per heavy atom. The fourth-order valence-corrected chi connectivity index (χ4v) is 6.03. The van der Waals surface area contributed by atoms with E-state index in [0.29, 0.717) is 11.8 Å². The van der Waals surface area contributed by atoms with E-state index in [1.807, 2.05) is 19.2 Å². The maximum Gasteiger partial charge on any atom is 0.211 e. The average Bonchev–Trinajstić information content (AvgIpc) is 3.47. The molecule has 2 atom stereocenters. The van der Waals surface area contributed by atoms with Crippen molar-refractivity contribution in [3.8, 4) is 5.75 Å². The molecule has 2 aliphatic rings. The zero-order valence-corrected chi connectivity index (χ0v) is 18.8. The highest BCUT2D eigenvalue weighted by Crippen LogP contribution is 2.41. The Balaban J connectivity index is 1.40. The summed E-state index contributed by atoms with van der Waals surface area (Å²) in [5.41, 5.74) is 3.55. The van der Waals surface area contributed by atoms with Crippen molar-refractivity contribution in [2.45, 2.75) is 31.6 Å². The third-order valence-corrected chi connectivity index (χ3v) is 7.78. The largest absolute Gasteiger partial charge is 0.492 e. The highest BCUT2D eigenvalue weighted by atomic mass is 32.2. The topological polar surface area (TPSA) is 67.4 Å². The molecule has 0 spiro atoms. The molecule has 2 aromatic rings. The molecule has 2 N–H and O–H groups in total. The number of hydrogen-bond donors (Lipinski definition) is 2. The number of sulfonamides is 1. The lowest BCUT2D eigenvalue weighted by molar-refractivity contribution is 0.322. The van der Waals surface area contributed by atoms with E-state index in [9.17, 15) is 12.8 Å². The summed E-state index contributed by atoms with van der Waals surface area (Å²) in [5, 5.41) is 3.29. The van der Waals surface area contributed by atoms with Gasteiger partial charge >= 0.3 is 0 Å². The number of fused-ring (bicyclic) bond motifs is 1. The van der Waals surface area contributed by atoms with Crippen molar-refractivity contribution in [3.05, 3.63) is 65.0 Å². The summed E-state index contributed by atoms with van der Waals surface area (Å²) in [4.78, 5) is 0. The van der Waals surface area contributed by atoms with Gasteiger partial charge in [-0.1, -0.05) is 18.2 Å². The Labute approximate surface area is 184 Å². The van der Waals surface area contributed by atoms with E-state index in [-0.39, 0.29) is 30.6 Å². The van der Waals surface area contributed by atoms with Crippen molar-refractivity contribution >= 4 is 10.0 Å². The highest BCUT2D eigenvalue weighted by molar-refractivity contribution is 7.89. The smallest absolute Gasteiger partial charge is 0.211 e. The summed E-state index contributed by atoms with van der Waals surface area (Å²) < 4.78 is 46.1. The zero-order chi connectivity index (χ0) is 21.8. The molecule has 0 aliphatic heterocycles. The van der Waals surface area contributed by atoms with Gasteiger partial charge in [-0.05, 0) is 98.0 Å². The van der Waals surface area contributed by atoms with Gasteiger partial charge in [-0.2, -0.15) is 0 Å². The normalized spacial score (nSPS) is 20.6. The minimum atomic E-state index is -3.21. The van der Waals surface area contributed by atoms with Crippen molar-refractivity contribution in [1.82, 2.24) is 10.0 Å². The summed E-state index contributed by atoms with van der Waals surface area (Å²) in [6.07, 6.45) is 3.79. The van der Waals surface area contributed by atoms with Crippen molar-refractivity contribution in [2.75, 3.05) is 32.5 Å². The van der Waals surface area contributed by atoms with Crippen LogP contribution in [0.25, 0.3) is 0 Å². The molecule has 0 aromatic heterocycles. The van der Waals surface area contributed by atoms with Crippen LogP contribution < -0.4 is 14.8 Å². The first-order valence-corrected chi connectivity index (χ1v) is 12.7. The summed E-state index contributed by atoms with van der Waals surface area (Å²) in [7, 11) is -1.25.